The van der Waals surface area contributed by atoms with Gasteiger partial charge in [-0.1, -0.05) is 43.6 Å². The normalized spacial score (nSPS) is 17.3. The summed E-state index contributed by atoms with van der Waals surface area (Å²) in [4.78, 5) is 37.7. The van der Waals surface area contributed by atoms with Crippen LogP contribution in [0.4, 0.5) is 20.3 Å². The van der Waals surface area contributed by atoms with Crippen LogP contribution in [0.2, 0.25) is 10.0 Å². The van der Waals surface area contributed by atoms with Gasteiger partial charge >= 0.3 is 5.69 Å². The van der Waals surface area contributed by atoms with E-state index in [4.69, 9.17) is 28.9 Å². The fourth-order valence-electron chi connectivity index (χ4n) is 6.31. The van der Waals surface area contributed by atoms with Gasteiger partial charge in [-0.2, -0.15) is 4.98 Å². The molecule has 0 bridgehead atoms. The number of aromatic nitrogens is 3. The molecule has 1 saturated heterocycles. The summed E-state index contributed by atoms with van der Waals surface area (Å²) in [5.41, 5.74) is 5.21. The number of amides is 1. The third-order valence-corrected chi connectivity index (χ3v) is 10.8. The van der Waals surface area contributed by atoms with E-state index < -0.39 is 65.9 Å². The lowest BCUT2D eigenvalue weighted by Gasteiger charge is -2.41. The van der Waals surface area contributed by atoms with E-state index in [1.165, 1.54) is 15.5 Å². The highest BCUT2D eigenvalue weighted by Crippen LogP contribution is 2.46. The number of carbonyl (C=O) groups is 1. The average molecular weight is 690 g/mol. The predicted octanol–water partition coefficient (Wildman–Crippen LogP) is 5.04. The van der Waals surface area contributed by atoms with Crippen LogP contribution in [0, 0.1) is 18.6 Å². The Morgan fingerprint density at radius 1 is 1.17 bits per heavy atom. The highest BCUT2D eigenvalue weighted by Gasteiger charge is 2.42. The number of benzene rings is 2. The molecule has 0 saturated carbocycles. The van der Waals surface area contributed by atoms with Crippen molar-refractivity contribution >= 4 is 61.4 Å². The van der Waals surface area contributed by atoms with Crippen molar-refractivity contribution < 1.29 is 22.0 Å². The van der Waals surface area contributed by atoms with Crippen LogP contribution in [-0.2, 0) is 14.6 Å². The maximum atomic E-state index is 16.9. The molecule has 2 aliphatic rings. The van der Waals surface area contributed by atoms with Crippen molar-refractivity contribution in [1.29, 1.82) is 0 Å². The van der Waals surface area contributed by atoms with Crippen molar-refractivity contribution in [3.8, 4) is 16.8 Å². The third-order valence-electron chi connectivity index (χ3n) is 8.42. The van der Waals surface area contributed by atoms with Gasteiger partial charge < -0.3 is 15.5 Å². The summed E-state index contributed by atoms with van der Waals surface area (Å²) in [6.45, 7) is 9.21. The summed E-state index contributed by atoms with van der Waals surface area (Å²) >= 11 is 12.3. The summed E-state index contributed by atoms with van der Waals surface area (Å²) in [5, 5.41) is -0.821. The molecule has 4 aromatic rings. The minimum Gasteiger partial charge on any atom is -0.397 e. The van der Waals surface area contributed by atoms with E-state index in [2.05, 4.69) is 16.5 Å². The van der Waals surface area contributed by atoms with Gasteiger partial charge in [0.2, 0.25) is 5.91 Å². The maximum Gasteiger partial charge on any atom is 0.354 e. The Balaban J connectivity index is 1.81. The number of piperazine rings is 1. The molecular weight excluding hydrogens is 661 g/mol. The zero-order chi connectivity index (χ0) is 33.4. The fraction of sp³-hybridized carbons (Fsp3) is 0.290. The van der Waals surface area contributed by atoms with Crippen LogP contribution < -0.4 is 16.3 Å². The minimum absolute atomic E-state index is 0.0521. The lowest BCUT2D eigenvalue weighted by molar-refractivity contribution is -0.126. The zero-order valence-electron chi connectivity index (χ0n) is 24.9. The Morgan fingerprint density at radius 2 is 1.89 bits per heavy atom. The van der Waals surface area contributed by atoms with Crippen molar-refractivity contribution in [2.45, 2.75) is 37.6 Å². The van der Waals surface area contributed by atoms with Gasteiger partial charge in [0.25, 0.3) is 0 Å². The number of hydrogen-bond donors (Lipinski definition) is 1. The number of pyridine rings is 1. The minimum atomic E-state index is -4.55. The highest BCUT2D eigenvalue weighted by atomic mass is 35.5. The Hall–Kier alpha value is -4.07. The monoisotopic (exact) mass is 688 g/mol. The van der Waals surface area contributed by atoms with Gasteiger partial charge in [0.1, 0.15) is 10.7 Å². The van der Waals surface area contributed by atoms with Gasteiger partial charge in [0.15, 0.2) is 21.5 Å². The SMILES string of the molecule is C=CC(=O)N1CCN2c3nc(=O)n(-c4c(C)ccnc4C(C)C)c4cc(-c5c(N)c(Cl)cc(Cl)c5F)c(F)c(c34)S(=O)(=O)CC2C1. The van der Waals surface area contributed by atoms with Crippen LogP contribution >= 0.6 is 23.2 Å². The van der Waals surface area contributed by atoms with Crippen LogP contribution in [-0.4, -0.2) is 65.2 Å². The molecular formula is C31H28Cl2F2N6O4S. The van der Waals surface area contributed by atoms with Crippen LogP contribution in [0.5, 0.6) is 0 Å². The molecule has 240 valence electrons. The lowest BCUT2D eigenvalue weighted by atomic mass is 9.99. The van der Waals surface area contributed by atoms with Gasteiger partial charge in [-0.3, -0.25) is 14.3 Å². The first-order chi connectivity index (χ1) is 21.7. The Morgan fingerprint density at radius 3 is 2.57 bits per heavy atom. The summed E-state index contributed by atoms with van der Waals surface area (Å²) in [6, 6.07) is 3.01. The number of carbonyl (C=O) groups excluding carboxylic acids is 1. The first kappa shape index (κ1) is 31.9. The van der Waals surface area contributed by atoms with Crippen molar-refractivity contribution in [3.05, 3.63) is 80.5 Å². The lowest BCUT2D eigenvalue weighted by Crippen LogP contribution is -2.57. The van der Waals surface area contributed by atoms with Gasteiger partial charge in [0, 0.05) is 37.0 Å². The molecule has 0 spiro atoms. The molecule has 10 nitrogen and oxygen atoms in total. The summed E-state index contributed by atoms with van der Waals surface area (Å²) in [5.74, 6) is -3.74. The summed E-state index contributed by atoms with van der Waals surface area (Å²) in [6.07, 6.45) is 2.70. The van der Waals surface area contributed by atoms with Crippen molar-refractivity contribution in [2.24, 2.45) is 0 Å². The number of hydrogen-bond acceptors (Lipinski definition) is 8. The second-order valence-electron chi connectivity index (χ2n) is 11.6. The number of nitrogens with zero attached hydrogens (tertiary/aromatic N) is 5. The summed E-state index contributed by atoms with van der Waals surface area (Å²) < 4.78 is 62.4. The Labute approximate surface area is 273 Å². The van der Waals surface area contributed by atoms with E-state index in [1.807, 2.05) is 13.8 Å². The molecule has 1 fully saturated rings. The summed E-state index contributed by atoms with van der Waals surface area (Å²) in [7, 11) is -4.55. The van der Waals surface area contributed by atoms with Crippen LogP contribution in [0.1, 0.15) is 31.0 Å². The van der Waals surface area contributed by atoms with E-state index in [9.17, 15) is 18.0 Å². The second kappa shape index (κ2) is 11.3. The topological polar surface area (TPSA) is 131 Å². The number of nitrogens with two attached hydrogens (primary N) is 1. The average Bonchev–Trinajstić information content (AvgIpc) is 3.09. The smallest absolute Gasteiger partial charge is 0.354 e. The molecule has 0 radical (unpaired) electrons. The quantitative estimate of drug-likeness (QED) is 0.179. The molecule has 4 heterocycles. The molecule has 1 amide bonds. The first-order valence-corrected chi connectivity index (χ1v) is 16.7. The van der Waals surface area contributed by atoms with Gasteiger partial charge in [-0.25, -0.2) is 22.0 Å². The zero-order valence-corrected chi connectivity index (χ0v) is 27.3. The van der Waals surface area contributed by atoms with Crippen molar-refractivity contribution in [1.82, 2.24) is 19.4 Å². The van der Waals surface area contributed by atoms with Crippen LogP contribution in [0.25, 0.3) is 27.7 Å². The van der Waals surface area contributed by atoms with Gasteiger partial charge in [-0.15, -0.1) is 0 Å². The van der Waals surface area contributed by atoms with Gasteiger partial charge in [0.05, 0.1) is 49.8 Å². The molecule has 46 heavy (non-hydrogen) atoms. The Bertz CT molecular complexity index is 2150. The van der Waals surface area contributed by atoms with E-state index >= 15 is 8.78 Å². The highest BCUT2D eigenvalue weighted by molar-refractivity contribution is 7.91. The first-order valence-electron chi connectivity index (χ1n) is 14.3. The number of sulfone groups is 1. The third kappa shape index (κ3) is 4.83. The van der Waals surface area contributed by atoms with E-state index in [0.29, 0.717) is 16.9 Å². The molecule has 6 rings (SSSR count). The van der Waals surface area contributed by atoms with Crippen molar-refractivity contribution in [2.75, 3.05) is 36.0 Å². The van der Waals surface area contributed by atoms with Gasteiger partial charge in [-0.05, 0) is 42.7 Å². The molecule has 1 unspecified atom stereocenters. The standard InChI is InChI=1S/C31H28Cl2F2N6O4S/c1-5-21(42)39-8-9-40-16(12-39)13-46(44,45)29-23-20(10-17(24(29)34)22-25(35)18(32)11-19(33)26(22)36)41(31(43)38-30(23)40)28-15(4)6-7-37-27(28)14(2)3/h5-7,10-11,14,16H,1,8-9,12-13,36H2,2-4H3. The maximum absolute atomic E-state index is 16.9. The number of anilines is 2. The molecule has 2 aromatic heterocycles. The largest absolute Gasteiger partial charge is 0.397 e. The van der Waals surface area contributed by atoms with E-state index in [0.717, 1.165) is 12.1 Å². The number of fused-ring (bicyclic) bond motifs is 2. The molecule has 0 aliphatic carbocycles. The molecule has 15 heteroatoms. The number of aryl methyl sites for hydroxylation is 1. The molecule has 2 aliphatic heterocycles. The number of rotatable bonds is 4. The number of halogens is 4. The Kier molecular flexibility index (Phi) is 7.85. The van der Waals surface area contributed by atoms with E-state index in [1.54, 1.807) is 24.1 Å². The molecule has 1 atom stereocenters. The fourth-order valence-corrected chi connectivity index (χ4v) is 8.62. The number of nitrogen functional groups attached to an aromatic ring is 1. The van der Waals surface area contributed by atoms with Crippen molar-refractivity contribution in [3.63, 3.8) is 0 Å². The molecule has 2 aromatic carbocycles. The van der Waals surface area contributed by atoms with Crippen LogP contribution in [0.15, 0.2) is 46.7 Å². The van der Waals surface area contributed by atoms with E-state index in [-0.39, 0.29) is 53.0 Å². The molecule has 2 N–H and O–H groups in total. The van der Waals surface area contributed by atoms with Crippen LogP contribution in [0.3, 0.4) is 0 Å². The predicted molar refractivity (Wildman–Crippen MR) is 174 cm³/mol. The second-order valence-corrected chi connectivity index (χ2v) is 14.4.